The van der Waals surface area contributed by atoms with Gasteiger partial charge in [0.15, 0.2) is 0 Å². The third-order valence-electron chi connectivity index (χ3n) is 3.81. The summed E-state index contributed by atoms with van der Waals surface area (Å²) in [6, 6.07) is 1.90. The number of ether oxygens (including phenoxy) is 1. The predicted octanol–water partition coefficient (Wildman–Crippen LogP) is 2.66. The van der Waals surface area contributed by atoms with Crippen molar-refractivity contribution in [3.05, 3.63) is 35.1 Å². The van der Waals surface area contributed by atoms with Crippen molar-refractivity contribution < 1.29 is 32.5 Å². The van der Waals surface area contributed by atoms with Crippen LogP contribution < -0.4 is 0 Å². The van der Waals surface area contributed by atoms with Crippen molar-refractivity contribution in [2.45, 2.75) is 44.4 Å². The highest BCUT2D eigenvalue weighted by Crippen LogP contribution is 2.37. The average Bonchev–Trinajstić information content (AvgIpc) is 2.64. The number of hydrogen-bond acceptors (Lipinski definition) is 3. The molecule has 0 spiro atoms. The van der Waals surface area contributed by atoms with Crippen molar-refractivity contribution in [1.29, 1.82) is 0 Å². The van der Waals surface area contributed by atoms with E-state index in [1.165, 1.54) is 0 Å². The third kappa shape index (κ3) is 3.20. The SMILES string of the molecule is C[C@@H]1OC(C(O)c2cc(F)cc(C(F)(F)F)c2)[C@@H](C)[C@H]1O. The summed E-state index contributed by atoms with van der Waals surface area (Å²) < 4.78 is 56.7. The van der Waals surface area contributed by atoms with Crippen molar-refractivity contribution in [1.82, 2.24) is 0 Å². The number of hydrogen-bond donors (Lipinski definition) is 2. The molecule has 21 heavy (non-hydrogen) atoms. The smallest absolute Gasteiger partial charge is 0.390 e. The molecule has 0 aromatic heterocycles. The number of alkyl halides is 3. The minimum atomic E-state index is -4.70. The number of aliphatic hydroxyl groups is 2. The van der Waals surface area contributed by atoms with Gasteiger partial charge in [-0.1, -0.05) is 6.92 Å². The Balaban J connectivity index is 2.32. The van der Waals surface area contributed by atoms with Gasteiger partial charge in [-0.25, -0.2) is 4.39 Å². The van der Waals surface area contributed by atoms with Crippen LogP contribution in [0, 0.1) is 11.7 Å². The lowest BCUT2D eigenvalue weighted by atomic mass is 9.91. The molecule has 5 atom stereocenters. The van der Waals surface area contributed by atoms with Crippen LogP contribution in [0.3, 0.4) is 0 Å². The van der Waals surface area contributed by atoms with Crippen molar-refractivity contribution in [2.75, 3.05) is 0 Å². The molecule has 2 rings (SSSR count). The average molecular weight is 308 g/mol. The van der Waals surface area contributed by atoms with Gasteiger partial charge in [0.05, 0.1) is 23.9 Å². The van der Waals surface area contributed by atoms with E-state index in [9.17, 15) is 27.8 Å². The van der Waals surface area contributed by atoms with Crippen molar-refractivity contribution in [3.8, 4) is 0 Å². The summed E-state index contributed by atoms with van der Waals surface area (Å²) in [6.07, 6.45) is -8.42. The van der Waals surface area contributed by atoms with E-state index < -0.39 is 47.9 Å². The van der Waals surface area contributed by atoms with E-state index in [-0.39, 0.29) is 5.56 Å². The minimum absolute atomic E-state index is 0.222. The number of benzene rings is 1. The first-order valence-electron chi connectivity index (χ1n) is 6.50. The van der Waals surface area contributed by atoms with Crippen LogP contribution in [0.1, 0.15) is 31.1 Å². The Hall–Kier alpha value is -1.18. The van der Waals surface area contributed by atoms with Crippen molar-refractivity contribution in [3.63, 3.8) is 0 Å². The van der Waals surface area contributed by atoms with Gasteiger partial charge in [0, 0.05) is 5.92 Å². The van der Waals surface area contributed by atoms with Crippen LogP contribution in [0.2, 0.25) is 0 Å². The molecule has 0 amide bonds. The summed E-state index contributed by atoms with van der Waals surface area (Å²) in [4.78, 5) is 0. The van der Waals surface area contributed by atoms with E-state index in [4.69, 9.17) is 4.74 Å². The van der Waals surface area contributed by atoms with Crippen LogP contribution in [0.4, 0.5) is 17.6 Å². The molecule has 0 aliphatic carbocycles. The van der Waals surface area contributed by atoms with Crippen LogP contribution in [0.15, 0.2) is 18.2 Å². The molecule has 118 valence electrons. The maximum atomic E-state index is 13.4. The summed E-state index contributed by atoms with van der Waals surface area (Å²) in [6.45, 7) is 3.21. The highest BCUT2D eigenvalue weighted by atomic mass is 19.4. The van der Waals surface area contributed by atoms with Crippen LogP contribution >= 0.6 is 0 Å². The number of rotatable bonds is 2. The molecule has 1 saturated heterocycles. The quantitative estimate of drug-likeness (QED) is 0.826. The second kappa shape index (κ2) is 5.55. The Morgan fingerprint density at radius 2 is 1.81 bits per heavy atom. The molecule has 1 aromatic carbocycles. The van der Waals surface area contributed by atoms with Gasteiger partial charge in [-0.05, 0) is 30.7 Å². The molecule has 1 aromatic rings. The molecule has 0 bridgehead atoms. The Bertz CT molecular complexity index is 517. The van der Waals surface area contributed by atoms with E-state index in [0.29, 0.717) is 12.1 Å². The molecule has 1 heterocycles. The summed E-state index contributed by atoms with van der Waals surface area (Å²) >= 11 is 0. The monoisotopic (exact) mass is 308 g/mol. The maximum Gasteiger partial charge on any atom is 0.416 e. The van der Waals surface area contributed by atoms with E-state index in [0.717, 1.165) is 6.07 Å². The van der Waals surface area contributed by atoms with Gasteiger partial charge in [0.2, 0.25) is 0 Å². The zero-order chi connectivity index (χ0) is 15.9. The molecule has 1 aliphatic heterocycles. The Kier molecular flexibility index (Phi) is 4.28. The Labute approximate surface area is 119 Å². The van der Waals surface area contributed by atoms with Crippen LogP contribution in [0.5, 0.6) is 0 Å². The first-order chi connectivity index (χ1) is 9.61. The van der Waals surface area contributed by atoms with Crippen LogP contribution in [-0.4, -0.2) is 28.5 Å². The third-order valence-corrected chi connectivity index (χ3v) is 3.81. The summed E-state index contributed by atoms with van der Waals surface area (Å²) in [5.41, 5.74) is -1.39. The highest BCUT2D eigenvalue weighted by Gasteiger charge is 2.43. The van der Waals surface area contributed by atoms with Gasteiger partial charge in [-0.15, -0.1) is 0 Å². The molecular weight excluding hydrogens is 292 g/mol. The largest absolute Gasteiger partial charge is 0.416 e. The lowest BCUT2D eigenvalue weighted by Crippen LogP contribution is -2.27. The topological polar surface area (TPSA) is 49.7 Å². The second-order valence-corrected chi connectivity index (χ2v) is 5.37. The summed E-state index contributed by atoms with van der Waals surface area (Å²) in [7, 11) is 0. The van der Waals surface area contributed by atoms with E-state index in [1.54, 1.807) is 13.8 Å². The van der Waals surface area contributed by atoms with E-state index >= 15 is 0 Å². The number of halogens is 4. The molecular formula is C14H16F4O3. The van der Waals surface area contributed by atoms with E-state index in [2.05, 4.69) is 0 Å². The van der Waals surface area contributed by atoms with Crippen LogP contribution in [-0.2, 0) is 10.9 Å². The normalized spacial score (nSPS) is 31.4. The lowest BCUT2D eigenvalue weighted by Gasteiger charge is -2.23. The zero-order valence-corrected chi connectivity index (χ0v) is 11.4. The Morgan fingerprint density at radius 3 is 2.29 bits per heavy atom. The molecule has 7 heteroatoms. The fourth-order valence-corrected chi connectivity index (χ4v) is 2.57. The van der Waals surface area contributed by atoms with Gasteiger partial charge in [0.25, 0.3) is 0 Å². The molecule has 1 aliphatic rings. The minimum Gasteiger partial charge on any atom is -0.390 e. The van der Waals surface area contributed by atoms with Crippen molar-refractivity contribution >= 4 is 0 Å². The van der Waals surface area contributed by atoms with Gasteiger partial charge in [-0.2, -0.15) is 13.2 Å². The fourth-order valence-electron chi connectivity index (χ4n) is 2.57. The lowest BCUT2D eigenvalue weighted by molar-refractivity contribution is -0.138. The van der Waals surface area contributed by atoms with Crippen molar-refractivity contribution in [2.24, 2.45) is 5.92 Å². The Morgan fingerprint density at radius 1 is 1.19 bits per heavy atom. The fraction of sp³-hybridized carbons (Fsp3) is 0.571. The summed E-state index contributed by atoms with van der Waals surface area (Å²) in [5, 5.41) is 20.0. The first-order valence-corrected chi connectivity index (χ1v) is 6.50. The standard InChI is InChI=1S/C14H16F4O3/c1-6-11(19)7(2)21-13(6)12(20)8-3-9(14(16,17)18)5-10(15)4-8/h3-7,11-13,19-20H,1-2H3/t6-,7-,11+,12?,13?/m0/s1. The highest BCUT2D eigenvalue weighted by molar-refractivity contribution is 5.29. The predicted molar refractivity (Wildman–Crippen MR) is 65.9 cm³/mol. The van der Waals surface area contributed by atoms with Crippen LogP contribution in [0.25, 0.3) is 0 Å². The zero-order valence-electron chi connectivity index (χ0n) is 11.4. The molecule has 0 radical (unpaired) electrons. The van der Waals surface area contributed by atoms with Gasteiger partial charge in [-0.3, -0.25) is 0 Å². The first kappa shape index (κ1) is 16.2. The second-order valence-electron chi connectivity index (χ2n) is 5.37. The van der Waals surface area contributed by atoms with Gasteiger partial charge < -0.3 is 14.9 Å². The summed E-state index contributed by atoms with van der Waals surface area (Å²) in [5.74, 6) is -1.56. The molecule has 2 unspecified atom stereocenters. The van der Waals surface area contributed by atoms with Gasteiger partial charge in [0.1, 0.15) is 11.9 Å². The molecule has 1 fully saturated rings. The molecule has 0 saturated carbocycles. The maximum absolute atomic E-state index is 13.4. The van der Waals surface area contributed by atoms with E-state index in [1.807, 2.05) is 0 Å². The molecule has 2 N–H and O–H groups in total. The van der Waals surface area contributed by atoms with Gasteiger partial charge >= 0.3 is 6.18 Å². The number of aliphatic hydroxyl groups excluding tert-OH is 2. The molecule has 3 nitrogen and oxygen atoms in total.